The van der Waals surface area contributed by atoms with Crippen molar-refractivity contribution in [2.45, 2.75) is 66.2 Å². The number of nitrogens with zero attached hydrogens (tertiary/aromatic N) is 30. The van der Waals surface area contributed by atoms with Gasteiger partial charge in [0.05, 0.1) is 153 Å². The van der Waals surface area contributed by atoms with Crippen LogP contribution in [0.3, 0.4) is 0 Å². The summed E-state index contributed by atoms with van der Waals surface area (Å²) in [7, 11) is 11.3. The van der Waals surface area contributed by atoms with Crippen molar-refractivity contribution in [3.8, 4) is 0 Å². The third kappa shape index (κ3) is 29.8. The lowest BCUT2D eigenvalue weighted by Gasteiger charge is -2.18. The topological polar surface area (TPSA) is 431 Å². The summed E-state index contributed by atoms with van der Waals surface area (Å²) in [6.45, 7) is 7.69. The van der Waals surface area contributed by atoms with Crippen LogP contribution in [-0.4, -0.2) is 197 Å². The Balaban J connectivity index is 0.000000143. The second-order valence-electron chi connectivity index (χ2n) is 31.4. The van der Waals surface area contributed by atoms with Gasteiger partial charge in [-0.3, -0.25) is 83.6 Å². The van der Waals surface area contributed by atoms with Crippen LogP contribution in [0.4, 0.5) is 72.6 Å². The molecule has 18 aromatic rings. The Labute approximate surface area is 821 Å². The number of carbonyl (C=O) groups excluding carboxylic acids is 6. The van der Waals surface area contributed by atoms with E-state index < -0.39 is 5.82 Å². The molecule has 18 heterocycles. The first-order valence-corrected chi connectivity index (χ1v) is 44.8. The molecular formula is C104H95FN30O6S. The number of ketones is 6. The number of hydrogen-bond donors (Lipinski definition) is 0. The third-order valence-electron chi connectivity index (χ3n) is 21.2. The Kier molecular flexibility index (Phi) is 36.2. The molecule has 0 spiro atoms. The average molecular weight is 1910 g/mol. The van der Waals surface area contributed by atoms with Crippen molar-refractivity contribution in [1.82, 2.24) is 120 Å². The van der Waals surface area contributed by atoms with Gasteiger partial charge in [-0.15, -0.1) is 11.3 Å². The van der Waals surface area contributed by atoms with Gasteiger partial charge in [-0.05, 0) is 161 Å². The van der Waals surface area contributed by atoms with Gasteiger partial charge in [-0.1, -0.05) is 24.3 Å². The van der Waals surface area contributed by atoms with Gasteiger partial charge in [0.25, 0.3) is 0 Å². The minimum absolute atomic E-state index is 0.0427. The molecule has 0 radical (unpaired) electrons. The first-order valence-electron chi connectivity index (χ1n) is 44.0. The van der Waals surface area contributed by atoms with Crippen molar-refractivity contribution >= 4 is 114 Å². The molecule has 18 rings (SSSR count). The molecular weight excluding hydrogens is 1820 g/mol. The van der Waals surface area contributed by atoms with Crippen molar-refractivity contribution in [3.63, 3.8) is 0 Å². The van der Waals surface area contributed by atoms with E-state index in [2.05, 4.69) is 120 Å². The number of thiazole rings is 1. The second kappa shape index (κ2) is 50.9. The number of aromatic nitrogens is 24. The minimum Gasteiger partial charge on any atom is -0.342 e. The van der Waals surface area contributed by atoms with Crippen LogP contribution in [-0.2, 0) is 38.5 Å². The maximum absolute atomic E-state index is 13.6. The molecule has 0 N–H and O–H groups in total. The summed E-state index contributed by atoms with van der Waals surface area (Å²) in [6.07, 6.45) is 45.0. The highest BCUT2D eigenvalue weighted by Gasteiger charge is 2.22. The van der Waals surface area contributed by atoms with E-state index in [0.717, 1.165) is 119 Å². The summed E-state index contributed by atoms with van der Waals surface area (Å²) >= 11 is 1.49. The number of carbonyl (C=O) groups is 6. The van der Waals surface area contributed by atoms with E-state index in [1.807, 2.05) is 202 Å². The monoisotopic (exact) mass is 1910 g/mol. The number of anilines is 12. The fourth-order valence-corrected chi connectivity index (χ4v) is 14.2. The standard InChI is InChI=1S/3C18H17N5O.C17H14FN5O.C17H15N5O.C16H15N5OS/c1-13-3-4-14(22-9-13)7-18(24)17-8-15(5-6-21-17)23(2)16-10-19-12-20-11-16;2*1-13-4-3-5-14(22-13)8-18(24)17-9-15(6-7-21-17)23(2)16-10-19-12-20-11-16;1-23(13-9-19-11-20-10-13)12-4-6-22-16(7-12)17(24)8-15-14(18)3-2-5-21-15;1-22(15-10-18-12-19-11-15)14-5-7-21-16(9-14)17(23)8-13-4-2-3-6-20-13;1-11-9-23-16(20-11)6-15(22)14-5-12(3-4-19-14)21(2)13-7-17-10-18-8-13/h3-6,8-12H,7H2,1-2H3;2*3-7,9-12H,8H2,1-2H3;2-7,9-11H,8H2,1H3;2-7,9-12H,8H2,1H3;3-5,7-10H,6H2,1-2H3. The highest BCUT2D eigenvalue weighted by Crippen LogP contribution is 2.30. The normalized spacial score (nSPS) is 10.4. The lowest BCUT2D eigenvalue weighted by Crippen LogP contribution is -2.13. The van der Waals surface area contributed by atoms with Crippen molar-refractivity contribution in [3.05, 3.63) is 421 Å². The molecule has 0 aliphatic heterocycles. The van der Waals surface area contributed by atoms with Gasteiger partial charge >= 0.3 is 0 Å². The fraction of sp³-hybridized carbons (Fsp3) is 0.154. The SMILES string of the molecule is CN(c1cncnc1)c1ccnc(C(=O)Cc2ccccn2)c1.CN(c1cncnc1)c1ccnc(C(=O)Cc2ncccc2F)c1.Cc1ccc(CC(=O)c2cc(N(C)c3cncnc3)ccn2)nc1.Cc1cccc(CC(=O)c2cc(N(C)c3cncnc3)ccn2)n1.Cc1cccc(CC(=O)c2cc(N(C)c3cncnc3)ccn2)n1.Cc1csc(CC(=O)c2cc(N(C)c3cncnc3)ccn2)n1. The van der Waals surface area contributed by atoms with Crippen LogP contribution < -0.4 is 29.4 Å². The molecule has 0 bridgehead atoms. The lowest BCUT2D eigenvalue weighted by molar-refractivity contribution is 0.0978. The van der Waals surface area contributed by atoms with Gasteiger partial charge in [0, 0.05) is 177 Å². The van der Waals surface area contributed by atoms with Crippen molar-refractivity contribution < 1.29 is 33.2 Å². The molecule has 0 aliphatic carbocycles. The molecule has 142 heavy (non-hydrogen) atoms. The number of aryl methyl sites for hydroxylation is 4. The molecule has 0 saturated heterocycles. The zero-order chi connectivity index (χ0) is 100. The summed E-state index contributed by atoms with van der Waals surface area (Å²) in [5.74, 6) is -1.10. The molecule has 36 nitrogen and oxygen atoms in total. The Morgan fingerprint density at radius 2 is 0.542 bits per heavy atom. The smallest absolute Gasteiger partial charge is 0.188 e. The Bertz CT molecular complexity index is 7070. The predicted octanol–water partition coefficient (Wildman–Crippen LogP) is 16.2. The molecule has 18 aromatic heterocycles. The minimum atomic E-state index is -0.499. The van der Waals surface area contributed by atoms with Crippen LogP contribution >= 0.6 is 11.3 Å². The second-order valence-corrected chi connectivity index (χ2v) is 32.4. The highest BCUT2D eigenvalue weighted by atomic mass is 32.1. The molecule has 0 aromatic carbocycles. The molecule has 38 heteroatoms. The van der Waals surface area contributed by atoms with Crippen LogP contribution in [0.25, 0.3) is 0 Å². The zero-order valence-electron chi connectivity index (χ0n) is 79.0. The van der Waals surface area contributed by atoms with Crippen molar-refractivity contribution in [2.75, 3.05) is 71.7 Å². The first-order chi connectivity index (χ1) is 68.9. The van der Waals surface area contributed by atoms with Gasteiger partial charge in [0.1, 0.15) is 83.0 Å². The number of Topliss-reactive ketones (excluding diaryl/α,β-unsaturated/α-hetero) is 6. The number of pyridine rings is 11. The fourth-order valence-electron chi connectivity index (χ4n) is 13.4. The first kappa shape index (κ1) is 101. The van der Waals surface area contributed by atoms with E-state index >= 15 is 0 Å². The van der Waals surface area contributed by atoms with Crippen molar-refractivity contribution in [1.29, 1.82) is 0 Å². The molecule has 0 atom stereocenters. The van der Waals surface area contributed by atoms with E-state index in [9.17, 15) is 33.2 Å². The van der Waals surface area contributed by atoms with E-state index in [-0.39, 0.29) is 84.6 Å². The third-order valence-corrected chi connectivity index (χ3v) is 22.2. The quantitative estimate of drug-likeness (QED) is 0.0377. The number of halogens is 1. The number of rotatable bonds is 30. The van der Waals surface area contributed by atoms with Gasteiger partial charge < -0.3 is 29.4 Å². The number of hydrogen-bond acceptors (Lipinski definition) is 37. The van der Waals surface area contributed by atoms with Gasteiger partial charge in [0.2, 0.25) is 0 Å². The summed E-state index contributed by atoms with van der Waals surface area (Å²) in [4.78, 5) is 184. The average Bonchev–Trinajstić information content (AvgIpc) is 0.894. The van der Waals surface area contributed by atoms with Crippen LogP contribution in [0.15, 0.2) is 325 Å². The van der Waals surface area contributed by atoms with Crippen LogP contribution in [0.1, 0.15) is 119 Å². The van der Waals surface area contributed by atoms with Gasteiger partial charge in [-0.25, -0.2) is 69.2 Å². The van der Waals surface area contributed by atoms with E-state index in [4.69, 9.17) is 0 Å². The maximum Gasteiger partial charge on any atom is 0.188 e. The Hall–Kier alpha value is -18.5. The molecule has 710 valence electrons. The Morgan fingerprint density at radius 3 is 0.817 bits per heavy atom. The zero-order valence-corrected chi connectivity index (χ0v) is 79.8. The van der Waals surface area contributed by atoms with Crippen LogP contribution in [0, 0.1) is 33.5 Å². The summed E-state index contributed by atoms with van der Waals surface area (Å²) < 4.78 is 13.6. The van der Waals surface area contributed by atoms with E-state index in [1.54, 1.807) is 160 Å². The van der Waals surface area contributed by atoms with Gasteiger partial charge in [-0.2, -0.15) is 0 Å². The molecule has 0 fully saturated rings. The largest absolute Gasteiger partial charge is 0.342 e. The van der Waals surface area contributed by atoms with Crippen LogP contribution in [0.2, 0.25) is 0 Å². The summed E-state index contributed by atoms with van der Waals surface area (Å²) in [5, 5.41) is 2.75. The van der Waals surface area contributed by atoms with Crippen LogP contribution in [0.5, 0.6) is 0 Å². The van der Waals surface area contributed by atoms with Crippen molar-refractivity contribution in [2.24, 2.45) is 0 Å². The van der Waals surface area contributed by atoms with E-state index in [0.29, 0.717) is 28.5 Å². The summed E-state index contributed by atoms with van der Waals surface area (Å²) in [6, 6.07) is 44.9. The lowest BCUT2D eigenvalue weighted by atomic mass is 10.1. The molecule has 0 amide bonds. The van der Waals surface area contributed by atoms with E-state index in [1.165, 1.54) is 73.8 Å². The predicted molar refractivity (Wildman–Crippen MR) is 536 cm³/mol. The molecule has 0 saturated carbocycles. The molecule has 0 unspecified atom stereocenters. The van der Waals surface area contributed by atoms with Gasteiger partial charge in [0.15, 0.2) is 34.7 Å². The maximum atomic E-state index is 13.6. The summed E-state index contributed by atoms with van der Waals surface area (Å²) in [5.41, 5.74) is 19.2. The highest BCUT2D eigenvalue weighted by molar-refractivity contribution is 7.09. The molecule has 0 aliphatic rings. The Morgan fingerprint density at radius 1 is 0.254 bits per heavy atom.